The average Bonchev–Trinajstić information content (AvgIpc) is 2.45. The number of aryl methyl sites for hydroxylation is 1. The summed E-state index contributed by atoms with van der Waals surface area (Å²) in [5.74, 6) is 0.445. The van der Waals surface area contributed by atoms with Gasteiger partial charge in [0.05, 0.1) is 0 Å². The van der Waals surface area contributed by atoms with Crippen molar-refractivity contribution in [3.8, 4) is 5.75 Å². The standard InChI is InChI=1S/C16H25BrN2O/c1-4-5-13(19-8-6-18-7-9-19)15-12(3)16(17)11(2)10-14(15)20/h10,13,18,20H,4-9H2,1-3H3/t13-/m0/s1. The van der Waals surface area contributed by atoms with Gasteiger partial charge in [-0.15, -0.1) is 0 Å². The number of halogens is 1. The molecule has 0 saturated carbocycles. The topological polar surface area (TPSA) is 35.5 Å². The Kier molecular flexibility index (Phi) is 5.47. The summed E-state index contributed by atoms with van der Waals surface area (Å²) < 4.78 is 1.13. The molecule has 0 bridgehead atoms. The van der Waals surface area contributed by atoms with E-state index in [0.717, 1.165) is 54.6 Å². The van der Waals surface area contributed by atoms with Crippen LogP contribution in [0.1, 0.15) is 42.5 Å². The zero-order chi connectivity index (χ0) is 14.7. The summed E-state index contributed by atoms with van der Waals surface area (Å²) in [7, 11) is 0. The van der Waals surface area contributed by atoms with Gasteiger partial charge in [-0.25, -0.2) is 0 Å². The third kappa shape index (κ3) is 3.18. The van der Waals surface area contributed by atoms with E-state index in [-0.39, 0.29) is 0 Å². The molecule has 1 aliphatic rings. The molecular weight excluding hydrogens is 316 g/mol. The Hall–Kier alpha value is -0.580. The van der Waals surface area contributed by atoms with Gasteiger partial charge < -0.3 is 10.4 Å². The number of hydrogen-bond donors (Lipinski definition) is 2. The maximum absolute atomic E-state index is 10.5. The van der Waals surface area contributed by atoms with Crippen molar-refractivity contribution in [2.24, 2.45) is 0 Å². The SMILES string of the molecule is CCC[C@@H](c1c(O)cc(C)c(Br)c1C)N1CCNCC1. The third-order valence-electron chi connectivity index (χ3n) is 4.20. The van der Waals surface area contributed by atoms with E-state index in [0.29, 0.717) is 11.8 Å². The van der Waals surface area contributed by atoms with Gasteiger partial charge in [0.1, 0.15) is 5.75 Å². The van der Waals surface area contributed by atoms with E-state index in [1.165, 1.54) is 5.56 Å². The summed E-state index contributed by atoms with van der Waals surface area (Å²) in [6, 6.07) is 2.20. The second-order valence-electron chi connectivity index (χ2n) is 5.66. The van der Waals surface area contributed by atoms with Crippen molar-refractivity contribution in [3.63, 3.8) is 0 Å². The van der Waals surface area contributed by atoms with Crippen LogP contribution in [0.3, 0.4) is 0 Å². The largest absolute Gasteiger partial charge is 0.508 e. The summed E-state index contributed by atoms with van der Waals surface area (Å²) >= 11 is 3.67. The molecule has 1 saturated heterocycles. The Morgan fingerprint density at radius 1 is 1.35 bits per heavy atom. The number of benzene rings is 1. The number of phenols is 1. The van der Waals surface area contributed by atoms with Crippen LogP contribution in [-0.2, 0) is 0 Å². The van der Waals surface area contributed by atoms with Crippen molar-refractivity contribution in [1.82, 2.24) is 10.2 Å². The Bertz CT molecular complexity index is 470. The van der Waals surface area contributed by atoms with Crippen LogP contribution >= 0.6 is 15.9 Å². The summed E-state index contributed by atoms with van der Waals surface area (Å²) in [5, 5.41) is 13.9. The molecule has 2 N–H and O–H groups in total. The average molecular weight is 341 g/mol. The van der Waals surface area contributed by atoms with Crippen LogP contribution in [0.25, 0.3) is 0 Å². The van der Waals surface area contributed by atoms with Gasteiger partial charge >= 0.3 is 0 Å². The Balaban J connectivity index is 2.40. The first-order valence-electron chi connectivity index (χ1n) is 7.49. The molecule has 1 heterocycles. The molecule has 1 atom stereocenters. The van der Waals surface area contributed by atoms with Gasteiger partial charge in [0.2, 0.25) is 0 Å². The molecule has 1 aromatic rings. The number of aromatic hydroxyl groups is 1. The van der Waals surface area contributed by atoms with Crippen molar-refractivity contribution in [2.45, 2.75) is 39.7 Å². The van der Waals surface area contributed by atoms with E-state index in [4.69, 9.17) is 0 Å². The van der Waals surface area contributed by atoms with Gasteiger partial charge in [-0.1, -0.05) is 29.3 Å². The van der Waals surface area contributed by atoms with Crippen molar-refractivity contribution in [2.75, 3.05) is 26.2 Å². The molecular formula is C16H25BrN2O. The first-order valence-corrected chi connectivity index (χ1v) is 8.28. The van der Waals surface area contributed by atoms with Crippen LogP contribution in [0.15, 0.2) is 10.5 Å². The molecule has 1 aromatic carbocycles. The summed E-state index contributed by atoms with van der Waals surface area (Å²) in [4.78, 5) is 2.50. The number of rotatable bonds is 4. The van der Waals surface area contributed by atoms with Crippen LogP contribution in [0, 0.1) is 13.8 Å². The summed E-state index contributed by atoms with van der Waals surface area (Å²) in [5.41, 5.74) is 3.38. The van der Waals surface area contributed by atoms with Crippen LogP contribution in [0.5, 0.6) is 5.75 Å². The lowest BCUT2D eigenvalue weighted by molar-refractivity contribution is 0.161. The van der Waals surface area contributed by atoms with E-state index in [9.17, 15) is 5.11 Å². The van der Waals surface area contributed by atoms with Crippen molar-refractivity contribution < 1.29 is 5.11 Å². The molecule has 0 spiro atoms. The molecule has 0 radical (unpaired) electrons. The van der Waals surface area contributed by atoms with Crippen LogP contribution in [0.4, 0.5) is 0 Å². The molecule has 2 rings (SSSR count). The quantitative estimate of drug-likeness (QED) is 0.880. The van der Waals surface area contributed by atoms with E-state index in [2.05, 4.69) is 40.0 Å². The molecule has 1 fully saturated rings. The molecule has 1 aliphatic heterocycles. The van der Waals surface area contributed by atoms with Crippen LogP contribution < -0.4 is 5.32 Å². The van der Waals surface area contributed by atoms with Gasteiger partial charge in [-0.3, -0.25) is 4.90 Å². The Labute approximate surface area is 130 Å². The molecule has 3 nitrogen and oxygen atoms in total. The van der Waals surface area contributed by atoms with Crippen LogP contribution in [0.2, 0.25) is 0 Å². The number of nitrogens with zero attached hydrogens (tertiary/aromatic N) is 1. The maximum atomic E-state index is 10.5. The van der Waals surface area contributed by atoms with Crippen LogP contribution in [-0.4, -0.2) is 36.2 Å². The zero-order valence-electron chi connectivity index (χ0n) is 12.7. The van der Waals surface area contributed by atoms with Gasteiger partial charge in [0, 0.05) is 42.3 Å². The Morgan fingerprint density at radius 2 is 2.00 bits per heavy atom. The number of nitrogens with one attached hydrogen (secondary N) is 1. The molecule has 20 heavy (non-hydrogen) atoms. The van der Waals surface area contributed by atoms with Crippen molar-refractivity contribution in [1.29, 1.82) is 0 Å². The highest BCUT2D eigenvalue weighted by molar-refractivity contribution is 9.10. The third-order valence-corrected chi connectivity index (χ3v) is 5.42. The minimum absolute atomic E-state index is 0.319. The first-order chi connectivity index (χ1) is 9.56. The number of phenolic OH excluding ortho intramolecular Hbond substituents is 1. The van der Waals surface area contributed by atoms with E-state index < -0.39 is 0 Å². The summed E-state index contributed by atoms with van der Waals surface area (Å²) in [6.07, 6.45) is 2.21. The fraction of sp³-hybridized carbons (Fsp3) is 0.625. The molecule has 0 unspecified atom stereocenters. The molecule has 112 valence electrons. The van der Waals surface area contributed by atoms with Crippen molar-refractivity contribution >= 4 is 15.9 Å². The highest BCUT2D eigenvalue weighted by Gasteiger charge is 2.26. The molecule has 4 heteroatoms. The maximum Gasteiger partial charge on any atom is 0.120 e. The minimum atomic E-state index is 0.319. The fourth-order valence-corrected chi connectivity index (χ4v) is 3.48. The lowest BCUT2D eigenvalue weighted by Gasteiger charge is -2.36. The lowest BCUT2D eigenvalue weighted by Crippen LogP contribution is -2.45. The lowest BCUT2D eigenvalue weighted by atomic mass is 9.93. The van der Waals surface area contributed by atoms with Gasteiger partial charge in [0.15, 0.2) is 0 Å². The second kappa shape index (κ2) is 6.92. The predicted molar refractivity (Wildman–Crippen MR) is 87.4 cm³/mol. The van der Waals surface area contributed by atoms with Gasteiger partial charge in [0.25, 0.3) is 0 Å². The van der Waals surface area contributed by atoms with Gasteiger partial charge in [-0.05, 0) is 37.5 Å². The highest BCUT2D eigenvalue weighted by Crippen LogP contribution is 2.39. The molecule has 0 aliphatic carbocycles. The number of hydrogen-bond acceptors (Lipinski definition) is 3. The fourth-order valence-electron chi connectivity index (χ4n) is 3.15. The van der Waals surface area contributed by atoms with E-state index in [1.807, 2.05) is 13.0 Å². The highest BCUT2D eigenvalue weighted by atomic mass is 79.9. The first kappa shape index (κ1) is 15.8. The molecule has 0 aromatic heterocycles. The monoisotopic (exact) mass is 340 g/mol. The number of piperazine rings is 1. The Morgan fingerprint density at radius 3 is 2.60 bits per heavy atom. The second-order valence-corrected chi connectivity index (χ2v) is 6.45. The minimum Gasteiger partial charge on any atom is -0.508 e. The normalized spacial score (nSPS) is 18.2. The van der Waals surface area contributed by atoms with Gasteiger partial charge in [-0.2, -0.15) is 0 Å². The molecule has 0 amide bonds. The van der Waals surface area contributed by atoms with E-state index in [1.54, 1.807) is 0 Å². The predicted octanol–water partition coefficient (Wildman–Crippen LogP) is 3.52. The van der Waals surface area contributed by atoms with E-state index >= 15 is 0 Å². The summed E-state index contributed by atoms with van der Waals surface area (Å²) in [6.45, 7) is 10.5. The van der Waals surface area contributed by atoms with Crippen molar-refractivity contribution in [3.05, 3.63) is 27.2 Å². The zero-order valence-corrected chi connectivity index (χ0v) is 14.3. The smallest absolute Gasteiger partial charge is 0.120 e.